The molecule has 1 fully saturated rings. The van der Waals surface area contributed by atoms with Gasteiger partial charge in [-0.2, -0.15) is 0 Å². The van der Waals surface area contributed by atoms with Crippen LogP contribution < -0.4 is 10.1 Å². The Morgan fingerprint density at radius 1 is 1.39 bits per heavy atom. The van der Waals surface area contributed by atoms with Crippen LogP contribution in [0.25, 0.3) is 0 Å². The summed E-state index contributed by atoms with van der Waals surface area (Å²) in [7, 11) is -1.41. The highest BCUT2D eigenvalue weighted by Crippen LogP contribution is 2.23. The maximum atomic E-state index is 12.4. The summed E-state index contributed by atoms with van der Waals surface area (Å²) in [5.74, 6) is 1.68. The minimum atomic E-state index is -3.24. The first-order valence-corrected chi connectivity index (χ1v) is 11.5. The molecule has 1 aliphatic rings. The number of amides is 1. The number of hydrogen-bond donors (Lipinski definition) is 1. The lowest BCUT2D eigenvalue weighted by Gasteiger charge is -2.29. The molecular formula is C20H33ClN2O4S. The highest BCUT2D eigenvalue weighted by atomic mass is 35.5. The van der Waals surface area contributed by atoms with E-state index in [4.69, 9.17) is 4.74 Å². The highest BCUT2D eigenvalue weighted by Gasteiger charge is 2.23. The SMILES string of the molecule is CC(CC(=O)N(C)CCCOc1cccc(S(C)(=O)=O)c1)C1CCCNC1.Cl. The van der Waals surface area contributed by atoms with Gasteiger partial charge in [0.25, 0.3) is 0 Å². The van der Waals surface area contributed by atoms with Gasteiger partial charge in [-0.15, -0.1) is 12.4 Å². The van der Waals surface area contributed by atoms with Gasteiger partial charge in [-0.05, 0) is 62.4 Å². The standard InChI is InChI=1S/C20H32N2O4S.ClH/c1-16(17-7-5-10-21-15-17)13-20(23)22(2)11-6-12-26-18-8-4-9-19(14-18)27(3,24)25;/h4,8-9,14,16-17,21H,5-7,10-13,15H2,1-3H3;1H. The largest absolute Gasteiger partial charge is 0.493 e. The second-order valence-electron chi connectivity index (χ2n) is 7.55. The van der Waals surface area contributed by atoms with Gasteiger partial charge in [0.05, 0.1) is 11.5 Å². The second kappa shape index (κ2) is 11.6. The van der Waals surface area contributed by atoms with E-state index in [1.807, 2.05) is 7.05 Å². The topological polar surface area (TPSA) is 75.7 Å². The van der Waals surface area contributed by atoms with E-state index in [-0.39, 0.29) is 23.2 Å². The van der Waals surface area contributed by atoms with Crippen molar-refractivity contribution in [3.05, 3.63) is 24.3 Å². The zero-order chi connectivity index (χ0) is 19.9. The number of piperidine rings is 1. The number of ether oxygens (including phenoxy) is 1. The first-order chi connectivity index (χ1) is 12.8. The molecule has 0 bridgehead atoms. The molecule has 2 rings (SSSR count). The lowest BCUT2D eigenvalue weighted by atomic mass is 9.85. The summed E-state index contributed by atoms with van der Waals surface area (Å²) in [6.07, 6.45) is 4.85. The predicted molar refractivity (Wildman–Crippen MR) is 114 cm³/mol. The summed E-state index contributed by atoms with van der Waals surface area (Å²) in [6, 6.07) is 6.49. The number of rotatable bonds is 9. The second-order valence-corrected chi connectivity index (χ2v) is 9.57. The Bertz CT molecular complexity index is 721. The molecule has 0 radical (unpaired) electrons. The molecule has 1 heterocycles. The Kier molecular flexibility index (Phi) is 10.3. The van der Waals surface area contributed by atoms with Crippen LogP contribution in [0.15, 0.2) is 29.2 Å². The third-order valence-electron chi connectivity index (χ3n) is 5.20. The fraction of sp³-hybridized carbons (Fsp3) is 0.650. The minimum Gasteiger partial charge on any atom is -0.493 e. The van der Waals surface area contributed by atoms with E-state index >= 15 is 0 Å². The molecule has 1 saturated heterocycles. The molecule has 1 aromatic rings. The molecule has 0 saturated carbocycles. The lowest BCUT2D eigenvalue weighted by Crippen LogP contribution is -2.36. The van der Waals surface area contributed by atoms with Crippen LogP contribution in [0, 0.1) is 11.8 Å². The molecule has 2 atom stereocenters. The molecule has 8 heteroatoms. The van der Waals surface area contributed by atoms with E-state index in [9.17, 15) is 13.2 Å². The maximum Gasteiger partial charge on any atom is 0.222 e. The Morgan fingerprint density at radius 2 is 2.14 bits per heavy atom. The number of carbonyl (C=O) groups excluding carboxylic acids is 1. The van der Waals surface area contributed by atoms with Crippen LogP contribution in [0.2, 0.25) is 0 Å². The van der Waals surface area contributed by atoms with Crippen LogP contribution >= 0.6 is 12.4 Å². The Balaban J connectivity index is 0.00000392. The van der Waals surface area contributed by atoms with E-state index in [2.05, 4.69) is 12.2 Å². The molecule has 0 aromatic heterocycles. The van der Waals surface area contributed by atoms with Gasteiger partial charge < -0.3 is 15.0 Å². The van der Waals surface area contributed by atoms with Crippen molar-refractivity contribution >= 4 is 28.2 Å². The van der Waals surface area contributed by atoms with Crippen LogP contribution in [0.3, 0.4) is 0 Å². The third-order valence-corrected chi connectivity index (χ3v) is 6.31. The fourth-order valence-electron chi connectivity index (χ4n) is 3.37. The van der Waals surface area contributed by atoms with Gasteiger partial charge in [0.15, 0.2) is 9.84 Å². The summed E-state index contributed by atoms with van der Waals surface area (Å²) in [5.41, 5.74) is 0. The molecule has 2 unspecified atom stereocenters. The van der Waals surface area contributed by atoms with Crippen LogP contribution in [0.1, 0.15) is 32.6 Å². The van der Waals surface area contributed by atoms with E-state index < -0.39 is 9.84 Å². The van der Waals surface area contributed by atoms with Crippen molar-refractivity contribution in [2.45, 2.75) is 37.5 Å². The van der Waals surface area contributed by atoms with E-state index in [0.29, 0.717) is 43.6 Å². The van der Waals surface area contributed by atoms with Gasteiger partial charge in [-0.1, -0.05) is 13.0 Å². The molecule has 1 N–H and O–H groups in total. The summed E-state index contributed by atoms with van der Waals surface area (Å²) in [6.45, 7) is 5.33. The van der Waals surface area contributed by atoms with Crippen molar-refractivity contribution < 1.29 is 17.9 Å². The number of sulfone groups is 1. The van der Waals surface area contributed by atoms with E-state index in [0.717, 1.165) is 13.1 Å². The first kappa shape index (κ1) is 24.7. The summed E-state index contributed by atoms with van der Waals surface area (Å²) in [4.78, 5) is 14.4. The molecule has 160 valence electrons. The Labute approximate surface area is 175 Å². The van der Waals surface area contributed by atoms with E-state index in [1.165, 1.54) is 25.2 Å². The summed E-state index contributed by atoms with van der Waals surface area (Å²) in [5, 5.41) is 3.41. The molecular weight excluding hydrogens is 400 g/mol. The van der Waals surface area contributed by atoms with Crippen molar-refractivity contribution in [2.24, 2.45) is 11.8 Å². The van der Waals surface area contributed by atoms with E-state index in [1.54, 1.807) is 23.1 Å². The molecule has 1 amide bonds. The first-order valence-electron chi connectivity index (χ1n) is 9.65. The van der Waals surface area contributed by atoms with Gasteiger partial charge in [-0.25, -0.2) is 8.42 Å². The van der Waals surface area contributed by atoms with Crippen molar-refractivity contribution in [2.75, 3.05) is 39.5 Å². The summed E-state index contributed by atoms with van der Waals surface area (Å²) < 4.78 is 28.8. The average Bonchev–Trinajstić information content (AvgIpc) is 2.65. The number of carbonyl (C=O) groups is 1. The fourth-order valence-corrected chi connectivity index (χ4v) is 4.03. The lowest BCUT2D eigenvalue weighted by molar-refractivity contribution is -0.131. The number of nitrogens with zero attached hydrogens (tertiary/aromatic N) is 1. The third kappa shape index (κ3) is 7.97. The quantitative estimate of drug-likeness (QED) is 0.607. The number of halogens is 1. The number of hydrogen-bond acceptors (Lipinski definition) is 5. The van der Waals surface area contributed by atoms with Crippen molar-refractivity contribution in [1.82, 2.24) is 10.2 Å². The van der Waals surface area contributed by atoms with Gasteiger partial charge in [0.1, 0.15) is 5.75 Å². The zero-order valence-corrected chi connectivity index (χ0v) is 18.7. The Hall–Kier alpha value is -1.31. The van der Waals surface area contributed by atoms with Crippen LogP contribution in [0.4, 0.5) is 0 Å². The monoisotopic (exact) mass is 432 g/mol. The number of benzene rings is 1. The van der Waals surface area contributed by atoms with Crippen molar-refractivity contribution in [3.63, 3.8) is 0 Å². The molecule has 1 aliphatic heterocycles. The molecule has 28 heavy (non-hydrogen) atoms. The normalized spacial score (nSPS) is 18.0. The van der Waals surface area contributed by atoms with Gasteiger partial charge >= 0.3 is 0 Å². The van der Waals surface area contributed by atoms with Crippen LogP contribution in [-0.4, -0.2) is 58.8 Å². The average molecular weight is 433 g/mol. The Morgan fingerprint density at radius 3 is 2.79 bits per heavy atom. The van der Waals surface area contributed by atoms with Crippen molar-refractivity contribution in [1.29, 1.82) is 0 Å². The number of nitrogens with one attached hydrogen (secondary N) is 1. The van der Waals surface area contributed by atoms with Gasteiger partial charge in [0, 0.05) is 26.3 Å². The predicted octanol–water partition coefficient (Wildman–Crippen LogP) is 2.77. The maximum absolute atomic E-state index is 12.4. The van der Waals surface area contributed by atoms with Crippen molar-refractivity contribution in [3.8, 4) is 5.75 Å². The molecule has 0 aliphatic carbocycles. The van der Waals surface area contributed by atoms with Gasteiger partial charge in [0.2, 0.25) is 5.91 Å². The van der Waals surface area contributed by atoms with Gasteiger partial charge in [-0.3, -0.25) is 4.79 Å². The molecule has 1 aromatic carbocycles. The molecule has 0 spiro atoms. The molecule has 6 nitrogen and oxygen atoms in total. The highest BCUT2D eigenvalue weighted by molar-refractivity contribution is 7.90. The minimum absolute atomic E-state index is 0. The van der Waals surface area contributed by atoms with Crippen LogP contribution in [0.5, 0.6) is 5.75 Å². The zero-order valence-electron chi connectivity index (χ0n) is 17.0. The summed E-state index contributed by atoms with van der Waals surface area (Å²) >= 11 is 0. The van der Waals surface area contributed by atoms with Crippen LogP contribution in [-0.2, 0) is 14.6 Å². The smallest absolute Gasteiger partial charge is 0.222 e.